The third kappa shape index (κ3) is 6.37. The van der Waals surface area contributed by atoms with Gasteiger partial charge in [-0.05, 0) is 12.8 Å². The molecule has 0 amide bonds. The molecule has 5 nitrogen and oxygen atoms in total. The van der Waals surface area contributed by atoms with Crippen LogP contribution in [0.15, 0.2) is 0 Å². The van der Waals surface area contributed by atoms with Gasteiger partial charge in [0.25, 0.3) is 0 Å². The van der Waals surface area contributed by atoms with Gasteiger partial charge in [-0.3, -0.25) is 0 Å². The second-order valence-corrected chi connectivity index (χ2v) is 6.10. The minimum absolute atomic E-state index is 0.0272. The van der Waals surface area contributed by atoms with Crippen LogP contribution in [0.4, 0.5) is 0 Å². The van der Waals surface area contributed by atoms with Gasteiger partial charge in [-0.2, -0.15) is 0 Å². The molecule has 0 aromatic rings. The number of thiocarbonyl (C=S) groups is 1. The number of ether oxygens (including phenoxy) is 1. The van der Waals surface area contributed by atoms with Gasteiger partial charge in [-0.15, -0.1) is 0 Å². The third-order valence-electron chi connectivity index (χ3n) is 1.98. The van der Waals surface area contributed by atoms with Crippen LogP contribution in [0.1, 0.15) is 20.8 Å². The van der Waals surface area contributed by atoms with E-state index in [1.165, 1.54) is 0 Å². The van der Waals surface area contributed by atoms with Gasteiger partial charge < -0.3 is 10.5 Å². The predicted molar refractivity (Wildman–Crippen MR) is 68.8 cm³/mol. The minimum Gasteiger partial charge on any atom is -0.392 e. The van der Waals surface area contributed by atoms with Gasteiger partial charge in [0.1, 0.15) is 0 Å². The fraction of sp³-hybridized carbons (Fsp3) is 0.889. The van der Waals surface area contributed by atoms with E-state index in [1.807, 2.05) is 20.8 Å². The van der Waals surface area contributed by atoms with E-state index >= 15 is 0 Å². The highest BCUT2D eigenvalue weighted by Crippen LogP contribution is 2.04. The third-order valence-corrected chi connectivity index (χ3v) is 3.55. The molecular formula is C9H20N2O3S2. The first-order chi connectivity index (χ1) is 7.30. The predicted octanol–water partition coefficient (Wildman–Crippen LogP) is 0.253. The standard InChI is InChI=1S/C9H20N2O3S2/c1-4-14-5-6-16(12,13)11-8(7(2)3)9(10)15/h7-8,11H,4-6H2,1-3H3,(H2,10,15). The van der Waals surface area contributed by atoms with E-state index in [4.69, 9.17) is 22.7 Å². The maximum absolute atomic E-state index is 11.6. The van der Waals surface area contributed by atoms with Crippen LogP contribution < -0.4 is 10.5 Å². The Morgan fingerprint density at radius 3 is 2.44 bits per heavy atom. The van der Waals surface area contributed by atoms with Crippen molar-refractivity contribution in [1.82, 2.24) is 4.72 Å². The van der Waals surface area contributed by atoms with E-state index in [-0.39, 0.29) is 23.3 Å². The monoisotopic (exact) mass is 268 g/mol. The van der Waals surface area contributed by atoms with E-state index in [0.717, 1.165) is 0 Å². The molecule has 0 radical (unpaired) electrons. The fourth-order valence-electron chi connectivity index (χ4n) is 1.09. The largest absolute Gasteiger partial charge is 0.392 e. The van der Waals surface area contributed by atoms with Crippen molar-refractivity contribution in [2.75, 3.05) is 19.0 Å². The molecule has 7 heteroatoms. The van der Waals surface area contributed by atoms with Crippen molar-refractivity contribution in [3.05, 3.63) is 0 Å². The van der Waals surface area contributed by atoms with Crippen LogP contribution in [0.3, 0.4) is 0 Å². The van der Waals surface area contributed by atoms with E-state index in [0.29, 0.717) is 6.61 Å². The molecule has 1 unspecified atom stereocenters. The van der Waals surface area contributed by atoms with E-state index in [2.05, 4.69) is 4.72 Å². The number of hydrogen-bond donors (Lipinski definition) is 2. The molecule has 0 spiro atoms. The molecule has 96 valence electrons. The zero-order chi connectivity index (χ0) is 12.8. The van der Waals surface area contributed by atoms with Gasteiger partial charge in [-0.1, -0.05) is 26.1 Å². The van der Waals surface area contributed by atoms with Gasteiger partial charge >= 0.3 is 0 Å². The van der Waals surface area contributed by atoms with Crippen molar-refractivity contribution in [2.45, 2.75) is 26.8 Å². The van der Waals surface area contributed by atoms with Crippen LogP contribution in [0.25, 0.3) is 0 Å². The van der Waals surface area contributed by atoms with Crippen LogP contribution in [-0.4, -0.2) is 38.4 Å². The molecule has 1 atom stereocenters. The smallest absolute Gasteiger partial charge is 0.214 e. The average Bonchev–Trinajstić information content (AvgIpc) is 2.13. The number of rotatable bonds is 8. The Morgan fingerprint density at radius 2 is 2.06 bits per heavy atom. The number of nitrogens with two attached hydrogens (primary N) is 1. The highest BCUT2D eigenvalue weighted by Gasteiger charge is 2.22. The van der Waals surface area contributed by atoms with Crippen molar-refractivity contribution < 1.29 is 13.2 Å². The molecular weight excluding hydrogens is 248 g/mol. The molecule has 0 bridgehead atoms. The summed E-state index contributed by atoms with van der Waals surface area (Å²) in [5.41, 5.74) is 5.47. The Hall–Kier alpha value is -0.240. The zero-order valence-corrected chi connectivity index (χ0v) is 11.5. The molecule has 0 aliphatic carbocycles. The van der Waals surface area contributed by atoms with Crippen molar-refractivity contribution >= 4 is 27.2 Å². The van der Waals surface area contributed by atoms with Crippen LogP contribution in [-0.2, 0) is 14.8 Å². The second kappa shape index (κ2) is 7.16. The lowest BCUT2D eigenvalue weighted by atomic mass is 10.1. The fourth-order valence-corrected chi connectivity index (χ4v) is 2.73. The molecule has 0 saturated heterocycles. The summed E-state index contributed by atoms with van der Waals surface area (Å²) in [6, 6.07) is -0.498. The average molecular weight is 268 g/mol. The Bertz CT molecular complexity index is 315. The van der Waals surface area contributed by atoms with Crippen molar-refractivity contribution in [2.24, 2.45) is 11.7 Å². The topological polar surface area (TPSA) is 81.4 Å². The summed E-state index contributed by atoms with van der Waals surface area (Å²) in [7, 11) is -3.39. The molecule has 0 saturated carbocycles. The summed E-state index contributed by atoms with van der Waals surface area (Å²) < 4.78 is 30.7. The van der Waals surface area contributed by atoms with Gasteiger partial charge in [0, 0.05) is 6.61 Å². The van der Waals surface area contributed by atoms with Crippen molar-refractivity contribution in [1.29, 1.82) is 0 Å². The Balaban J connectivity index is 4.37. The number of hydrogen-bond acceptors (Lipinski definition) is 4. The van der Waals surface area contributed by atoms with Gasteiger partial charge in [0.15, 0.2) is 0 Å². The molecule has 0 aliphatic heterocycles. The summed E-state index contributed by atoms with van der Waals surface area (Å²) in [5, 5.41) is 0. The Labute approximate surface area is 103 Å². The van der Waals surface area contributed by atoms with Gasteiger partial charge in [0.2, 0.25) is 10.0 Å². The molecule has 0 aromatic heterocycles. The molecule has 0 aliphatic rings. The van der Waals surface area contributed by atoms with Crippen LogP contribution >= 0.6 is 12.2 Å². The van der Waals surface area contributed by atoms with Crippen molar-refractivity contribution in [3.63, 3.8) is 0 Å². The minimum atomic E-state index is -3.39. The summed E-state index contributed by atoms with van der Waals surface area (Å²) >= 11 is 4.82. The molecule has 0 rings (SSSR count). The highest BCUT2D eigenvalue weighted by atomic mass is 32.2. The lowest BCUT2D eigenvalue weighted by Gasteiger charge is -2.20. The van der Waals surface area contributed by atoms with E-state index in [9.17, 15) is 8.42 Å². The summed E-state index contributed by atoms with van der Waals surface area (Å²) in [4.78, 5) is 0.162. The van der Waals surface area contributed by atoms with Crippen molar-refractivity contribution in [3.8, 4) is 0 Å². The lowest BCUT2D eigenvalue weighted by Crippen LogP contribution is -2.47. The van der Waals surface area contributed by atoms with Gasteiger partial charge in [-0.25, -0.2) is 13.1 Å². The van der Waals surface area contributed by atoms with Gasteiger partial charge in [0.05, 0.1) is 23.4 Å². The summed E-state index contributed by atoms with van der Waals surface area (Å²) in [5.74, 6) is -0.0495. The maximum atomic E-state index is 11.6. The quantitative estimate of drug-likeness (QED) is 0.487. The second-order valence-electron chi connectivity index (χ2n) is 3.76. The summed E-state index contributed by atoms with van der Waals surface area (Å²) in [6.07, 6.45) is 0. The number of sulfonamides is 1. The van der Waals surface area contributed by atoms with Crippen LogP contribution in [0.2, 0.25) is 0 Å². The normalized spacial score (nSPS) is 14.0. The molecule has 3 N–H and O–H groups in total. The first kappa shape index (κ1) is 15.8. The molecule has 0 fully saturated rings. The molecule has 0 heterocycles. The summed E-state index contributed by atoms with van der Waals surface area (Å²) in [6.45, 7) is 6.20. The number of nitrogens with one attached hydrogen (secondary N) is 1. The van der Waals surface area contributed by atoms with E-state index in [1.54, 1.807) is 0 Å². The molecule has 0 aromatic carbocycles. The van der Waals surface area contributed by atoms with Crippen LogP contribution in [0.5, 0.6) is 0 Å². The first-order valence-corrected chi connectivity index (χ1v) is 7.23. The lowest BCUT2D eigenvalue weighted by molar-refractivity contribution is 0.163. The van der Waals surface area contributed by atoms with Crippen LogP contribution in [0, 0.1) is 5.92 Å². The molecule has 16 heavy (non-hydrogen) atoms. The van der Waals surface area contributed by atoms with E-state index < -0.39 is 16.1 Å². The Kier molecular flexibility index (Phi) is 7.05. The maximum Gasteiger partial charge on any atom is 0.214 e. The SMILES string of the molecule is CCOCCS(=O)(=O)NC(C(N)=S)C(C)C. The Morgan fingerprint density at radius 1 is 1.50 bits per heavy atom. The highest BCUT2D eigenvalue weighted by molar-refractivity contribution is 7.89. The zero-order valence-electron chi connectivity index (χ0n) is 9.89. The first-order valence-electron chi connectivity index (χ1n) is 5.17.